The Bertz CT molecular complexity index is 404. The Balaban J connectivity index is 2.00. The molecule has 1 aliphatic carbocycles. The van der Waals surface area contributed by atoms with Crippen molar-refractivity contribution >= 4 is 11.6 Å². The van der Waals surface area contributed by atoms with Gasteiger partial charge in [-0.25, -0.2) is 0 Å². The van der Waals surface area contributed by atoms with Crippen LogP contribution in [0, 0.1) is 5.92 Å². The number of hydrogen-bond donors (Lipinski definition) is 2. The number of amides is 1. The van der Waals surface area contributed by atoms with E-state index in [2.05, 4.69) is 5.32 Å². The molecule has 0 heterocycles. The third-order valence-electron chi connectivity index (χ3n) is 2.76. The minimum Gasteiger partial charge on any atom is -0.392 e. The van der Waals surface area contributed by atoms with Gasteiger partial charge >= 0.3 is 0 Å². The van der Waals surface area contributed by atoms with Gasteiger partial charge in [0, 0.05) is 11.6 Å². The zero-order chi connectivity index (χ0) is 11.4. The van der Waals surface area contributed by atoms with Crippen LogP contribution in [0.5, 0.6) is 0 Å². The molecule has 2 rings (SSSR count). The molecule has 0 atom stereocenters. The van der Waals surface area contributed by atoms with E-state index in [9.17, 15) is 4.79 Å². The van der Waals surface area contributed by atoms with Crippen LogP contribution in [0.4, 0.5) is 5.69 Å². The number of allylic oxidation sites excluding steroid dienone is 2. The number of carbonyl (C=O) groups excluding carboxylic acids is 1. The second kappa shape index (κ2) is 4.94. The van der Waals surface area contributed by atoms with Gasteiger partial charge in [0.15, 0.2) is 0 Å². The summed E-state index contributed by atoms with van der Waals surface area (Å²) in [5.74, 6) is 0.123. The molecule has 0 unspecified atom stereocenters. The molecule has 1 amide bonds. The van der Waals surface area contributed by atoms with Crippen molar-refractivity contribution in [2.75, 3.05) is 5.32 Å². The number of anilines is 1. The van der Waals surface area contributed by atoms with Crippen LogP contribution < -0.4 is 5.32 Å². The molecule has 0 bridgehead atoms. The number of hydrogen-bond acceptors (Lipinski definition) is 2. The molecule has 0 spiro atoms. The Kier molecular flexibility index (Phi) is 3.37. The number of rotatable bonds is 3. The van der Waals surface area contributed by atoms with Crippen LogP contribution in [0.2, 0.25) is 0 Å². The van der Waals surface area contributed by atoms with Gasteiger partial charge in [0.05, 0.1) is 6.61 Å². The summed E-state index contributed by atoms with van der Waals surface area (Å²) in [6.07, 6.45) is 5.72. The fourth-order valence-corrected chi connectivity index (χ4v) is 1.82. The fourth-order valence-electron chi connectivity index (χ4n) is 1.82. The van der Waals surface area contributed by atoms with Crippen molar-refractivity contribution in [1.82, 2.24) is 0 Å². The van der Waals surface area contributed by atoms with Gasteiger partial charge in [-0.15, -0.1) is 0 Å². The summed E-state index contributed by atoms with van der Waals surface area (Å²) in [5, 5.41) is 11.9. The summed E-state index contributed by atoms with van der Waals surface area (Å²) in [6.45, 7) is -0.00526. The first-order valence-electron chi connectivity index (χ1n) is 5.45. The Morgan fingerprint density at radius 3 is 2.81 bits per heavy atom. The van der Waals surface area contributed by atoms with Crippen molar-refractivity contribution in [2.24, 2.45) is 5.92 Å². The van der Waals surface area contributed by atoms with Crippen LogP contribution >= 0.6 is 0 Å². The van der Waals surface area contributed by atoms with Crippen LogP contribution in [0.3, 0.4) is 0 Å². The second-order valence-electron chi connectivity index (χ2n) is 3.99. The van der Waals surface area contributed by atoms with Crippen LogP contribution in [0.1, 0.15) is 18.4 Å². The summed E-state index contributed by atoms with van der Waals surface area (Å²) in [7, 11) is 0. The van der Waals surface area contributed by atoms with Crippen molar-refractivity contribution in [1.29, 1.82) is 0 Å². The predicted molar refractivity (Wildman–Crippen MR) is 62.9 cm³/mol. The van der Waals surface area contributed by atoms with E-state index in [1.165, 1.54) is 0 Å². The maximum atomic E-state index is 11.8. The lowest BCUT2D eigenvalue weighted by Crippen LogP contribution is -2.20. The van der Waals surface area contributed by atoms with E-state index in [1.807, 2.05) is 30.4 Å². The minimum atomic E-state index is -0.00526. The van der Waals surface area contributed by atoms with E-state index in [4.69, 9.17) is 5.11 Å². The van der Waals surface area contributed by atoms with Gasteiger partial charge in [-0.05, 0) is 30.5 Å². The number of aliphatic hydroxyl groups is 1. The van der Waals surface area contributed by atoms with Gasteiger partial charge in [-0.1, -0.05) is 24.3 Å². The lowest BCUT2D eigenvalue weighted by Gasteiger charge is -2.10. The number of aliphatic hydroxyl groups excluding tert-OH is 1. The smallest absolute Gasteiger partial charge is 0.228 e. The second-order valence-corrected chi connectivity index (χ2v) is 3.99. The van der Waals surface area contributed by atoms with Crippen LogP contribution in [-0.2, 0) is 11.4 Å². The van der Waals surface area contributed by atoms with E-state index >= 15 is 0 Å². The molecule has 16 heavy (non-hydrogen) atoms. The first kappa shape index (κ1) is 10.9. The Hall–Kier alpha value is -1.61. The van der Waals surface area contributed by atoms with E-state index in [0.717, 1.165) is 24.1 Å². The Morgan fingerprint density at radius 1 is 1.38 bits per heavy atom. The third kappa shape index (κ3) is 2.49. The molecule has 0 aliphatic heterocycles. The van der Waals surface area contributed by atoms with Gasteiger partial charge in [0.2, 0.25) is 5.91 Å². The normalized spacial score (nSPS) is 15.3. The van der Waals surface area contributed by atoms with Gasteiger partial charge in [0.1, 0.15) is 0 Å². The molecule has 0 radical (unpaired) electrons. The first-order valence-corrected chi connectivity index (χ1v) is 5.45. The van der Waals surface area contributed by atoms with E-state index in [0.29, 0.717) is 0 Å². The largest absolute Gasteiger partial charge is 0.392 e. The lowest BCUT2D eigenvalue weighted by molar-refractivity contribution is -0.119. The highest BCUT2D eigenvalue weighted by Gasteiger charge is 2.18. The molecular weight excluding hydrogens is 202 g/mol. The van der Waals surface area contributed by atoms with E-state index < -0.39 is 0 Å². The highest BCUT2D eigenvalue weighted by atomic mass is 16.3. The van der Waals surface area contributed by atoms with E-state index in [1.54, 1.807) is 6.07 Å². The van der Waals surface area contributed by atoms with Crippen molar-refractivity contribution in [3.05, 3.63) is 42.0 Å². The highest BCUT2D eigenvalue weighted by molar-refractivity contribution is 5.93. The molecule has 3 nitrogen and oxygen atoms in total. The SMILES string of the molecule is O=C(Nc1cccc(CO)c1)C1CC=CC1. The van der Waals surface area contributed by atoms with E-state index in [-0.39, 0.29) is 18.4 Å². The summed E-state index contributed by atoms with van der Waals surface area (Å²) in [4.78, 5) is 11.8. The van der Waals surface area contributed by atoms with Gasteiger partial charge in [-0.2, -0.15) is 0 Å². The fraction of sp³-hybridized carbons (Fsp3) is 0.308. The van der Waals surface area contributed by atoms with Crippen LogP contribution in [0.15, 0.2) is 36.4 Å². The molecule has 2 N–H and O–H groups in total. The molecular formula is C13H15NO2. The molecule has 84 valence electrons. The maximum Gasteiger partial charge on any atom is 0.228 e. The average molecular weight is 217 g/mol. The quantitative estimate of drug-likeness (QED) is 0.761. The molecule has 1 aromatic rings. The molecule has 0 saturated heterocycles. The zero-order valence-electron chi connectivity index (χ0n) is 9.02. The molecule has 1 aromatic carbocycles. The molecule has 0 saturated carbocycles. The van der Waals surface area contributed by atoms with Crippen LogP contribution in [-0.4, -0.2) is 11.0 Å². The van der Waals surface area contributed by atoms with Crippen LogP contribution in [0.25, 0.3) is 0 Å². The van der Waals surface area contributed by atoms with Crippen molar-refractivity contribution in [3.63, 3.8) is 0 Å². The zero-order valence-corrected chi connectivity index (χ0v) is 9.02. The molecule has 3 heteroatoms. The summed E-state index contributed by atoms with van der Waals surface area (Å²) >= 11 is 0. The number of carbonyl (C=O) groups is 1. The maximum absolute atomic E-state index is 11.8. The third-order valence-corrected chi connectivity index (χ3v) is 2.76. The highest BCUT2D eigenvalue weighted by Crippen LogP contribution is 2.20. The molecule has 0 aromatic heterocycles. The van der Waals surface area contributed by atoms with Crippen molar-refractivity contribution in [2.45, 2.75) is 19.4 Å². The summed E-state index contributed by atoms with van der Waals surface area (Å²) in [5.41, 5.74) is 1.56. The average Bonchev–Trinajstić information content (AvgIpc) is 2.83. The molecule has 0 fully saturated rings. The Morgan fingerprint density at radius 2 is 2.12 bits per heavy atom. The van der Waals surface area contributed by atoms with Crippen molar-refractivity contribution in [3.8, 4) is 0 Å². The van der Waals surface area contributed by atoms with Gasteiger partial charge in [0.25, 0.3) is 0 Å². The monoisotopic (exact) mass is 217 g/mol. The lowest BCUT2D eigenvalue weighted by atomic mass is 10.1. The van der Waals surface area contributed by atoms with Crippen molar-refractivity contribution < 1.29 is 9.90 Å². The summed E-state index contributed by atoms with van der Waals surface area (Å²) in [6, 6.07) is 7.28. The topological polar surface area (TPSA) is 49.3 Å². The minimum absolute atomic E-state index is 0.00526. The summed E-state index contributed by atoms with van der Waals surface area (Å²) < 4.78 is 0. The number of nitrogens with one attached hydrogen (secondary N) is 1. The number of benzene rings is 1. The predicted octanol–water partition coefficient (Wildman–Crippen LogP) is 2.08. The first-order chi connectivity index (χ1) is 7.79. The molecule has 1 aliphatic rings. The standard InChI is InChI=1S/C13H15NO2/c15-9-10-4-3-7-12(8-10)14-13(16)11-5-1-2-6-11/h1-4,7-8,11,15H,5-6,9H2,(H,14,16). The Labute approximate surface area is 94.8 Å². The van der Waals surface area contributed by atoms with Gasteiger partial charge in [-0.3, -0.25) is 4.79 Å². The van der Waals surface area contributed by atoms with Gasteiger partial charge < -0.3 is 10.4 Å².